The van der Waals surface area contributed by atoms with Gasteiger partial charge in [-0.2, -0.15) is 0 Å². The van der Waals surface area contributed by atoms with E-state index in [1.165, 1.54) is 30.6 Å². The Balaban J connectivity index is 1.61. The van der Waals surface area contributed by atoms with Crippen LogP contribution in [-0.4, -0.2) is 87.5 Å². The van der Waals surface area contributed by atoms with Gasteiger partial charge in [0.2, 0.25) is 29.5 Å². The standard InChI is InChI=1S/C36H42N8O7/c1-38-20-32(47)41-31(18-25-19-39-21-40-25)36(51)44-30(17-24-9-13-27(46)14-10-24)35(50)43-29(16-23-7-11-26(45)12-8-23)34(49)42-28(33(37)48)15-22-5-3-2-4-6-22/h2-14,19,21,28-31,38,45-46H,15-18,20H2,1H3,(H2,37,48)(H,39,40)(H,41,47)(H,42,49)(H,43,50)(H,44,51). The molecule has 3 aromatic carbocycles. The Hall–Kier alpha value is -6.22. The third-order valence-corrected chi connectivity index (χ3v) is 7.92. The fraction of sp³-hybridized carbons (Fsp3) is 0.278. The first-order valence-corrected chi connectivity index (χ1v) is 16.2. The van der Waals surface area contributed by atoms with Crippen LogP contribution in [0.4, 0.5) is 0 Å². The monoisotopic (exact) mass is 698 g/mol. The Kier molecular flexibility index (Phi) is 13.7. The van der Waals surface area contributed by atoms with Crippen LogP contribution in [0.25, 0.3) is 0 Å². The summed E-state index contributed by atoms with van der Waals surface area (Å²) in [5, 5.41) is 33.1. The van der Waals surface area contributed by atoms with E-state index in [0.717, 1.165) is 5.56 Å². The fourth-order valence-corrected chi connectivity index (χ4v) is 5.27. The van der Waals surface area contributed by atoms with Gasteiger partial charge in [0, 0.05) is 31.9 Å². The molecule has 0 saturated heterocycles. The van der Waals surface area contributed by atoms with Gasteiger partial charge in [0.25, 0.3) is 0 Å². The van der Waals surface area contributed by atoms with E-state index in [1.807, 2.05) is 6.07 Å². The highest BCUT2D eigenvalue weighted by molar-refractivity contribution is 5.96. The number of phenols is 2. The number of aromatic nitrogens is 2. The van der Waals surface area contributed by atoms with Crippen molar-refractivity contribution in [3.05, 3.63) is 114 Å². The number of nitrogens with two attached hydrogens (primary N) is 1. The van der Waals surface area contributed by atoms with Crippen LogP contribution in [0.1, 0.15) is 22.4 Å². The lowest BCUT2D eigenvalue weighted by Gasteiger charge is -2.26. The van der Waals surface area contributed by atoms with Crippen molar-refractivity contribution in [2.75, 3.05) is 13.6 Å². The number of aromatic amines is 1. The molecule has 0 aliphatic rings. The van der Waals surface area contributed by atoms with E-state index in [1.54, 1.807) is 61.8 Å². The second kappa shape index (κ2) is 18.5. The van der Waals surface area contributed by atoms with Gasteiger partial charge in [0.15, 0.2) is 0 Å². The molecule has 0 spiro atoms. The van der Waals surface area contributed by atoms with E-state index >= 15 is 0 Å². The highest BCUT2D eigenvalue weighted by Crippen LogP contribution is 2.15. The highest BCUT2D eigenvalue weighted by Gasteiger charge is 2.32. The summed E-state index contributed by atoms with van der Waals surface area (Å²) >= 11 is 0. The molecule has 0 fully saturated rings. The molecule has 1 heterocycles. The van der Waals surface area contributed by atoms with E-state index in [9.17, 15) is 34.2 Å². The molecule has 10 N–H and O–H groups in total. The molecule has 15 nitrogen and oxygen atoms in total. The molecule has 0 radical (unpaired) electrons. The maximum atomic E-state index is 14.1. The first-order valence-electron chi connectivity index (χ1n) is 16.2. The zero-order chi connectivity index (χ0) is 36.8. The summed E-state index contributed by atoms with van der Waals surface area (Å²) in [5.74, 6) is -3.36. The maximum absolute atomic E-state index is 14.1. The first kappa shape index (κ1) is 37.6. The summed E-state index contributed by atoms with van der Waals surface area (Å²) in [6, 6.07) is 16.3. The molecule has 5 amide bonds. The minimum atomic E-state index is -1.27. The Morgan fingerprint density at radius 1 is 0.647 bits per heavy atom. The van der Waals surface area contributed by atoms with Crippen molar-refractivity contribution < 1.29 is 34.2 Å². The van der Waals surface area contributed by atoms with Crippen LogP contribution in [0, 0.1) is 0 Å². The summed E-state index contributed by atoms with van der Waals surface area (Å²) in [7, 11) is 1.58. The predicted molar refractivity (Wildman–Crippen MR) is 187 cm³/mol. The van der Waals surface area contributed by atoms with E-state index in [-0.39, 0.29) is 43.7 Å². The van der Waals surface area contributed by atoms with Crippen LogP contribution in [-0.2, 0) is 49.7 Å². The molecule has 0 aliphatic carbocycles. The zero-order valence-corrected chi connectivity index (χ0v) is 28.0. The number of nitrogens with one attached hydrogen (secondary N) is 6. The van der Waals surface area contributed by atoms with Crippen LogP contribution in [0.5, 0.6) is 11.5 Å². The van der Waals surface area contributed by atoms with Crippen molar-refractivity contribution in [2.24, 2.45) is 5.73 Å². The summed E-state index contributed by atoms with van der Waals surface area (Å²) in [6.45, 7) is -0.0631. The maximum Gasteiger partial charge on any atom is 0.243 e. The van der Waals surface area contributed by atoms with Gasteiger partial charge in [-0.15, -0.1) is 0 Å². The number of hydrogen-bond acceptors (Lipinski definition) is 9. The van der Waals surface area contributed by atoms with E-state index in [0.29, 0.717) is 16.8 Å². The van der Waals surface area contributed by atoms with Gasteiger partial charge in [-0.25, -0.2) is 4.98 Å². The Morgan fingerprint density at radius 2 is 1.10 bits per heavy atom. The number of imidazole rings is 1. The van der Waals surface area contributed by atoms with Crippen molar-refractivity contribution in [3.8, 4) is 11.5 Å². The summed E-state index contributed by atoms with van der Waals surface area (Å²) in [4.78, 5) is 73.5. The largest absolute Gasteiger partial charge is 0.508 e. The van der Waals surface area contributed by atoms with E-state index < -0.39 is 53.7 Å². The average Bonchev–Trinajstić information content (AvgIpc) is 3.62. The number of aromatic hydroxyl groups is 2. The number of carbonyl (C=O) groups is 5. The Morgan fingerprint density at radius 3 is 1.55 bits per heavy atom. The minimum Gasteiger partial charge on any atom is -0.508 e. The van der Waals surface area contributed by atoms with Crippen molar-refractivity contribution >= 4 is 29.5 Å². The fourth-order valence-electron chi connectivity index (χ4n) is 5.27. The summed E-state index contributed by atoms with van der Waals surface area (Å²) in [6.07, 6.45) is 3.04. The molecule has 4 unspecified atom stereocenters. The number of phenolic OH excluding ortho intramolecular Hbond substituents is 2. The summed E-state index contributed by atoms with van der Waals surface area (Å²) < 4.78 is 0. The van der Waals surface area contributed by atoms with Crippen LogP contribution >= 0.6 is 0 Å². The number of nitrogens with zero attached hydrogens (tertiary/aromatic N) is 1. The third-order valence-electron chi connectivity index (χ3n) is 7.92. The minimum absolute atomic E-state index is 0.000223. The number of benzene rings is 3. The molecule has 4 rings (SSSR count). The van der Waals surface area contributed by atoms with Crippen LogP contribution < -0.4 is 32.3 Å². The molecule has 4 atom stereocenters. The third kappa shape index (κ3) is 12.0. The van der Waals surface area contributed by atoms with E-state index in [4.69, 9.17) is 5.73 Å². The molecule has 15 heteroatoms. The second-order valence-electron chi connectivity index (χ2n) is 11.9. The quantitative estimate of drug-likeness (QED) is 0.0664. The number of likely N-dealkylation sites (N-methyl/N-ethyl adjacent to an activating group) is 1. The molecule has 268 valence electrons. The lowest BCUT2D eigenvalue weighted by atomic mass is 10.0. The molecular formula is C36H42N8O7. The first-order chi connectivity index (χ1) is 24.5. The Labute approximate surface area is 294 Å². The zero-order valence-electron chi connectivity index (χ0n) is 28.0. The Bertz CT molecular complexity index is 1750. The average molecular weight is 699 g/mol. The normalized spacial score (nSPS) is 13.2. The number of amides is 5. The van der Waals surface area contributed by atoms with Crippen LogP contribution in [0.2, 0.25) is 0 Å². The number of primary amides is 1. The van der Waals surface area contributed by atoms with Gasteiger partial charge >= 0.3 is 0 Å². The highest BCUT2D eigenvalue weighted by atomic mass is 16.3. The van der Waals surface area contributed by atoms with Crippen molar-refractivity contribution in [2.45, 2.75) is 49.9 Å². The van der Waals surface area contributed by atoms with Crippen LogP contribution in [0.15, 0.2) is 91.4 Å². The van der Waals surface area contributed by atoms with Crippen molar-refractivity contribution in [1.82, 2.24) is 36.6 Å². The second-order valence-corrected chi connectivity index (χ2v) is 11.9. The van der Waals surface area contributed by atoms with Crippen molar-refractivity contribution in [1.29, 1.82) is 0 Å². The summed E-state index contributed by atoms with van der Waals surface area (Å²) in [5.41, 5.74) is 8.06. The molecule has 51 heavy (non-hydrogen) atoms. The van der Waals surface area contributed by atoms with Gasteiger partial charge in [-0.3, -0.25) is 24.0 Å². The van der Waals surface area contributed by atoms with Gasteiger partial charge in [0.1, 0.15) is 35.7 Å². The molecule has 0 bridgehead atoms. The lowest BCUT2D eigenvalue weighted by molar-refractivity contribution is -0.134. The van der Waals surface area contributed by atoms with Gasteiger partial charge < -0.3 is 47.5 Å². The number of H-pyrrole nitrogens is 1. The van der Waals surface area contributed by atoms with Crippen LogP contribution in [0.3, 0.4) is 0 Å². The van der Waals surface area contributed by atoms with E-state index in [2.05, 4.69) is 36.6 Å². The molecule has 1 aromatic heterocycles. The molecule has 0 aliphatic heterocycles. The van der Waals surface area contributed by atoms with Gasteiger partial charge in [-0.1, -0.05) is 54.6 Å². The smallest absolute Gasteiger partial charge is 0.243 e. The molecule has 0 saturated carbocycles. The number of rotatable bonds is 18. The van der Waals surface area contributed by atoms with Crippen molar-refractivity contribution in [3.63, 3.8) is 0 Å². The lowest BCUT2D eigenvalue weighted by Crippen LogP contribution is -2.59. The SMILES string of the molecule is CNCC(=O)NC(Cc1c[nH]cn1)C(=O)NC(Cc1ccc(O)cc1)C(=O)NC(Cc1ccc(O)cc1)C(=O)NC(Cc1ccccc1)C(N)=O. The molecular weight excluding hydrogens is 656 g/mol. The molecule has 4 aromatic rings. The van der Waals surface area contributed by atoms with Gasteiger partial charge in [-0.05, 0) is 48.0 Å². The predicted octanol–water partition coefficient (Wildman–Crippen LogP) is -0.265. The van der Waals surface area contributed by atoms with Gasteiger partial charge in [0.05, 0.1) is 18.6 Å². The topological polar surface area (TPSA) is 241 Å². The number of hydrogen-bond donors (Lipinski definition) is 9. The number of carbonyl (C=O) groups excluding carboxylic acids is 5.